The van der Waals surface area contributed by atoms with Crippen molar-refractivity contribution in [2.24, 2.45) is 0 Å². The van der Waals surface area contributed by atoms with E-state index in [0.717, 1.165) is 30.4 Å². The largest absolute Gasteiger partial charge is 0.335 e. The number of pyridine rings is 2. The number of rotatable bonds is 7. The molecule has 1 atom stereocenters. The average molecular weight is 384 g/mol. The van der Waals surface area contributed by atoms with E-state index in [-0.39, 0.29) is 11.9 Å². The topological polar surface area (TPSA) is 69.9 Å². The van der Waals surface area contributed by atoms with E-state index in [9.17, 15) is 10.1 Å². The highest BCUT2D eigenvalue weighted by Gasteiger charge is 2.23. The van der Waals surface area contributed by atoms with Crippen LogP contribution in [0.15, 0.2) is 67.1 Å². The van der Waals surface area contributed by atoms with Gasteiger partial charge in [0.25, 0.3) is 5.91 Å². The van der Waals surface area contributed by atoms with Crippen LogP contribution in [-0.4, -0.2) is 27.8 Å². The van der Waals surface area contributed by atoms with Crippen molar-refractivity contribution in [1.82, 2.24) is 14.9 Å². The lowest BCUT2D eigenvalue weighted by Crippen LogP contribution is -2.31. The summed E-state index contributed by atoms with van der Waals surface area (Å²) in [7, 11) is 1.84. The molecule has 3 aromatic rings. The van der Waals surface area contributed by atoms with E-state index in [1.165, 1.54) is 0 Å². The maximum atomic E-state index is 13.3. The molecule has 2 heterocycles. The fraction of sp³-hybridized carbons (Fsp3) is 0.250. The van der Waals surface area contributed by atoms with Gasteiger partial charge in [-0.1, -0.05) is 38.0 Å². The van der Waals surface area contributed by atoms with Gasteiger partial charge >= 0.3 is 0 Å². The summed E-state index contributed by atoms with van der Waals surface area (Å²) in [5.41, 5.74) is 3.44. The molecule has 3 rings (SSSR count). The lowest BCUT2D eigenvalue weighted by molar-refractivity contribution is 0.0720. The molecule has 0 radical (unpaired) electrons. The number of hydrogen-bond acceptors (Lipinski definition) is 4. The van der Waals surface area contributed by atoms with Crippen LogP contribution in [0.1, 0.15) is 53.7 Å². The van der Waals surface area contributed by atoms with Crippen LogP contribution in [0.25, 0.3) is 11.3 Å². The predicted molar refractivity (Wildman–Crippen MR) is 113 cm³/mol. The second-order valence-electron chi connectivity index (χ2n) is 6.95. The van der Waals surface area contributed by atoms with Gasteiger partial charge in [-0.2, -0.15) is 5.26 Å². The number of nitrogens with zero attached hydrogens (tertiary/aromatic N) is 4. The van der Waals surface area contributed by atoms with E-state index < -0.39 is 0 Å². The van der Waals surface area contributed by atoms with Crippen molar-refractivity contribution in [3.05, 3.63) is 83.8 Å². The van der Waals surface area contributed by atoms with Crippen LogP contribution in [-0.2, 0) is 0 Å². The summed E-state index contributed by atoms with van der Waals surface area (Å²) in [6.45, 7) is 2.14. The maximum absolute atomic E-state index is 13.3. The van der Waals surface area contributed by atoms with E-state index in [1.54, 1.807) is 35.5 Å². The van der Waals surface area contributed by atoms with E-state index in [1.807, 2.05) is 43.6 Å². The standard InChI is InChI=1S/C24H24N4O/c1-3-4-12-22(21-11-6-13-26-17-21)28(2)24(29)19-9-5-8-18(15-19)23-20(16-25)10-7-14-27-23/h5-11,13-15,17,22H,3-4,12H2,1-2H3/t22-/m1/s1. The molecule has 146 valence electrons. The van der Waals surface area contributed by atoms with Crippen molar-refractivity contribution in [3.8, 4) is 17.3 Å². The van der Waals surface area contributed by atoms with Crippen molar-refractivity contribution >= 4 is 5.91 Å². The summed E-state index contributed by atoms with van der Waals surface area (Å²) < 4.78 is 0. The molecule has 0 spiro atoms. The van der Waals surface area contributed by atoms with Crippen molar-refractivity contribution in [3.63, 3.8) is 0 Å². The average Bonchev–Trinajstić information content (AvgIpc) is 2.79. The highest BCUT2D eigenvalue weighted by molar-refractivity contribution is 5.95. The van der Waals surface area contributed by atoms with Gasteiger partial charge in [-0.05, 0) is 42.3 Å². The molecule has 0 aliphatic carbocycles. The number of amides is 1. The molecule has 29 heavy (non-hydrogen) atoms. The summed E-state index contributed by atoms with van der Waals surface area (Å²) >= 11 is 0. The first kappa shape index (κ1) is 20.2. The first-order chi connectivity index (χ1) is 14.2. The Hall–Kier alpha value is -3.52. The Morgan fingerprint density at radius 2 is 2.00 bits per heavy atom. The lowest BCUT2D eigenvalue weighted by Gasteiger charge is -2.28. The van der Waals surface area contributed by atoms with Crippen LogP contribution in [0.5, 0.6) is 0 Å². The summed E-state index contributed by atoms with van der Waals surface area (Å²) in [5.74, 6) is -0.0637. The molecule has 0 unspecified atom stereocenters. The first-order valence-electron chi connectivity index (χ1n) is 9.78. The van der Waals surface area contributed by atoms with E-state index >= 15 is 0 Å². The number of unbranched alkanes of at least 4 members (excludes halogenated alkanes) is 1. The van der Waals surface area contributed by atoms with E-state index in [4.69, 9.17) is 0 Å². The van der Waals surface area contributed by atoms with Crippen molar-refractivity contribution in [2.45, 2.75) is 32.2 Å². The molecular formula is C24H24N4O. The smallest absolute Gasteiger partial charge is 0.254 e. The van der Waals surface area contributed by atoms with Crippen LogP contribution in [0, 0.1) is 11.3 Å². The van der Waals surface area contributed by atoms with Crippen LogP contribution in [0.2, 0.25) is 0 Å². The third-order valence-electron chi connectivity index (χ3n) is 5.00. The van der Waals surface area contributed by atoms with Gasteiger partial charge in [-0.3, -0.25) is 14.8 Å². The number of aromatic nitrogens is 2. The Kier molecular flexibility index (Phi) is 6.70. The SMILES string of the molecule is CCCC[C@H](c1cccnc1)N(C)C(=O)c1cccc(-c2ncccc2C#N)c1. The molecule has 0 N–H and O–H groups in total. The van der Waals surface area contributed by atoms with Gasteiger partial charge in [0, 0.05) is 36.8 Å². The predicted octanol–water partition coefficient (Wildman–Crippen LogP) is 5.02. The number of carbonyl (C=O) groups excluding carboxylic acids is 1. The molecule has 1 aromatic carbocycles. The Morgan fingerprint density at radius 3 is 2.72 bits per heavy atom. The van der Waals surface area contributed by atoms with E-state index in [0.29, 0.717) is 16.8 Å². The summed E-state index contributed by atoms with van der Waals surface area (Å²) in [4.78, 5) is 23.6. The second-order valence-corrected chi connectivity index (χ2v) is 6.95. The molecular weight excluding hydrogens is 360 g/mol. The zero-order valence-electron chi connectivity index (χ0n) is 16.7. The minimum absolute atomic E-state index is 0.0377. The number of carbonyl (C=O) groups is 1. The molecule has 2 aromatic heterocycles. The van der Waals surface area contributed by atoms with Gasteiger partial charge in [0.1, 0.15) is 6.07 Å². The van der Waals surface area contributed by atoms with Gasteiger partial charge < -0.3 is 4.90 Å². The highest BCUT2D eigenvalue weighted by Crippen LogP contribution is 2.28. The first-order valence-corrected chi connectivity index (χ1v) is 9.78. The molecule has 0 saturated carbocycles. The molecule has 0 aliphatic heterocycles. The van der Waals surface area contributed by atoms with Gasteiger partial charge in [0.05, 0.1) is 17.3 Å². The van der Waals surface area contributed by atoms with E-state index in [2.05, 4.69) is 23.0 Å². The summed E-state index contributed by atoms with van der Waals surface area (Å²) in [5, 5.41) is 9.36. The second kappa shape index (κ2) is 9.61. The third kappa shape index (κ3) is 4.67. The number of benzene rings is 1. The normalized spacial score (nSPS) is 11.5. The Bertz CT molecular complexity index is 1010. The Balaban J connectivity index is 1.92. The van der Waals surface area contributed by atoms with Crippen LogP contribution < -0.4 is 0 Å². The van der Waals surface area contributed by atoms with Crippen molar-refractivity contribution < 1.29 is 4.79 Å². The molecule has 0 bridgehead atoms. The molecule has 5 nitrogen and oxygen atoms in total. The van der Waals surface area contributed by atoms with Gasteiger partial charge in [-0.25, -0.2) is 0 Å². The zero-order valence-corrected chi connectivity index (χ0v) is 16.7. The zero-order chi connectivity index (χ0) is 20.6. The Labute approximate surface area is 171 Å². The summed E-state index contributed by atoms with van der Waals surface area (Å²) in [6, 6.07) is 16.8. The molecule has 1 amide bonds. The molecule has 0 fully saturated rings. The molecule has 0 saturated heterocycles. The minimum Gasteiger partial charge on any atom is -0.335 e. The van der Waals surface area contributed by atoms with Crippen LogP contribution >= 0.6 is 0 Å². The monoisotopic (exact) mass is 384 g/mol. The maximum Gasteiger partial charge on any atom is 0.254 e. The number of nitriles is 1. The molecule has 5 heteroatoms. The minimum atomic E-state index is -0.0637. The Morgan fingerprint density at radius 1 is 1.17 bits per heavy atom. The van der Waals surface area contributed by atoms with Crippen LogP contribution in [0.3, 0.4) is 0 Å². The van der Waals surface area contributed by atoms with Crippen molar-refractivity contribution in [2.75, 3.05) is 7.05 Å². The van der Waals surface area contributed by atoms with Crippen LogP contribution in [0.4, 0.5) is 0 Å². The quantitative estimate of drug-likeness (QED) is 0.573. The van der Waals surface area contributed by atoms with Gasteiger partial charge in [0.2, 0.25) is 0 Å². The fourth-order valence-corrected chi connectivity index (χ4v) is 3.42. The lowest BCUT2D eigenvalue weighted by atomic mass is 9.99. The summed E-state index contributed by atoms with van der Waals surface area (Å²) in [6.07, 6.45) is 8.18. The fourth-order valence-electron chi connectivity index (χ4n) is 3.42. The van der Waals surface area contributed by atoms with Gasteiger partial charge in [0.15, 0.2) is 0 Å². The highest BCUT2D eigenvalue weighted by atomic mass is 16.2. The van der Waals surface area contributed by atoms with Gasteiger partial charge in [-0.15, -0.1) is 0 Å². The molecule has 0 aliphatic rings. The van der Waals surface area contributed by atoms with Crippen molar-refractivity contribution in [1.29, 1.82) is 5.26 Å². The number of hydrogen-bond donors (Lipinski definition) is 0. The third-order valence-corrected chi connectivity index (χ3v) is 5.00.